The number of amides is 1. The number of nitrogens with one attached hydrogen (secondary N) is 2. The third kappa shape index (κ3) is 4.89. The fourth-order valence-electron chi connectivity index (χ4n) is 3.53. The molecule has 0 fully saturated rings. The van der Waals surface area contributed by atoms with Crippen LogP contribution in [-0.2, 0) is 10.2 Å². The van der Waals surface area contributed by atoms with Crippen molar-refractivity contribution >= 4 is 23.0 Å². The van der Waals surface area contributed by atoms with Crippen molar-refractivity contribution in [2.75, 3.05) is 6.61 Å². The lowest BCUT2D eigenvalue weighted by Crippen LogP contribution is -2.24. The van der Waals surface area contributed by atoms with Crippen LogP contribution >= 0.6 is 0 Å². The molecule has 0 saturated carbocycles. The van der Waals surface area contributed by atoms with Crippen LogP contribution in [-0.4, -0.2) is 23.7 Å². The molecule has 4 aromatic rings. The third-order valence-corrected chi connectivity index (χ3v) is 5.28. The van der Waals surface area contributed by atoms with Crippen molar-refractivity contribution in [3.63, 3.8) is 0 Å². The highest BCUT2D eigenvalue weighted by Gasteiger charge is 2.13. The minimum Gasteiger partial charge on any atom is -0.484 e. The normalized spacial score (nSPS) is 11.7. The van der Waals surface area contributed by atoms with E-state index in [-0.39, 0.29) is 17.9 Å². The Labute approximate surface area is 188 Å². The van der Waals surface area contributed by atoms with Gasteiger partial charge in [-0.2, -0.15) is 5.10 Å². The van der Waals surface area contributed by atoms with E-state index in [0.717, 1.165) is 27.7 Å². The average molecular weight is 426 g/mol. The number of hydrazone groups is 1. The highest BCUT2D eigenvalue weighted by Crippen LogP contribution is 2.29. The van der Waals surface area contributed by atoms with Crippen LogP contribution < -0.4 is 10.2 Å². The van der Waals surface area contributed by atoms with Gasteiger partial charge in [0.05, 0.1) is 11.9 Å². The number of ether oxygens (including phenoxy) is 1. The summed E-state index contributed by atoms with van der Waals surface area (Å²) < 4.78 is 5.59. The fraction of sp³-hybridized carbons (Fsp3) is 0.185. The van der Waals surface area contributed by atoms with Gasteiger partial charge in [0.15, 0.2) is 6.61 Å². The van der Waals surface area contributed by atoms with Gasteiger partial charge in [-0.1, -0.05) is 81.4 Å². The summed E-state index contributed by atoms with van der Waals surface area (Å²) in [5, 5.41) is 5.23. The predicted molar refractivity (Wildman–Crippen MR) is 130 cm³/mol. The van der Waals surface area contributed by atoms with Gasteiger partial charge in [0.1, 0.15) is 5.75 Å². The molecule has 4 rings (SSSR count). The van der Waals surface area contributed by atoms with Crippen LogP contribution in [0.2, 0.25) is 0 Å². The number of carbonyl (C=O) groups excluding carboxylic acids is 1. The van der Waals surface area contributed by atoms with Gasteiger partial charge in [0.2, 0.25) is 0 Å². The van der Waals surface area contributed by atoms with Gasteiger partial charge in [0, 0.05) is 16.5 Å². The lowest BCUT2D eigenvalue weighted by atomic mass is 9.87. The number of H-pyrrole nitrogens is 1. The van der Waals surface area contributed by atoms with Gasteiger partial charge in [-0.15, -0.1) is 0 Å². The molecule has 0 saturated heterocycles. The van der Waals surface area contributed by atoms with Crippen LogP contribution in [0.25, 0.3) is 22.2 Å². The zero-order valence-corrected chi connectivity index (χ0v) is 18.6. The van der Waals surface area contributed by atoms with Crippen molar-refractivity contribution in [1.82, 2.24) is 10.4 Å². The second-order valence-corrected chi connectivity index (χ2v) is 8.68. The summed E-state index contributed by atoms with van der Waals surface area (Å²) in [5.74, 6) is 0.336. The molecule has 5 heteroatoms. The monoisotopic (exact) mass is 425 g/mol. The van der Waals surface area contributed by atoms with E-state index in [4.69, 9.17) is 4.74 Å². The van der Waals surface area contributed by atoms with E-state index in [0.29, 0.717) is 5.75 Å². The molecular formula is C27H27N3O2. The van der Waals surface area contributed by atoms with E-state index in [1.807, 2.05) is 78.9 Å². The van der Waals surface area contributed by atoms with Crippen molar-refractivity contribution in [3.8, 4) is 17.0 Å². The van der Waals surface area contributed by atoms with E-state index in [1.54, 1.807) is 6.21 Å². The Balaban J connectivity index is 1.43. The standard InChI is InChI=1S/C27H27N3O2/c1-27(2,3)20-13-15-21(16-14-20)32-18-25(31)30-28-17-23-22-11-7-8-12-24(22)29-26(23)19-9-5-4-6-10-19/h4-17,29H,18H2,1-3H3,(H,30,31)/b28-17+. The van der Waals surface area contributed by atoms with Crippen molar-refractivity contribution in [3.05, 3.63) is 90.0 Å². The molecule has 3 aromatic carbocycles. The number of rotatable bonds is 6. The minimum absolute atomic E-state index is 0.0750. The largest absolute Gasteiger partial charge is 0.484 e. The zero-order valence-electron chi connectivity index (χ0n) is 18.6. The highest BCUT2D eigenvalue weighted by molar-refractivity contribution is 6.06. The van der Waals surface area contributed by atoms with Crippen LogP contribution in [0.1, 0.15) is 31.9 Å². The third-order valence-electron chi connectivity index (χ3n) is 5.28. The zero-order chi connectivity index (χ0) is 22.6. The number of aromatic nitrogens is 1. The number of fused-ring (bicyclic) bond motifs is 1. The van der Waals surface area contributed by atoms with Gasteiger partial charge >= 0.3 is 0 Å². The van der Waals surface area contributed by atoms with Crippen LogP contribution in [0.4, 0.5) is 0 Å². The number of nitrogens with zero attached hydrogens (tertiary/aromatic N) is 1. The smallest absolute Gasteiger partial charge is 0.277 e. The molecule has 1 heterocycles. The maximum atomic E-state index is 12.2. The quantitative estimate of drug-likeness (QED) is 0.309. The van der Waals surface area contributed by atoms with E-state index >= 15 is 0 Å². The van der Waals surface area contributed by atoms with E-state index < -0.39 is 0 Å². The molecule has 1 amide bonds. The fourth-order valence-corrected chi connectivity index (χ4v) is 3.53. The summed E-state index contributed by atoms with van der Waals surface area (Å²) in [5.41, 5.74) is 7.80. The predicted octanol–water partition coefficient (Wildman–Crippen LogP) is 5.66. The summed E-state index contributed by atoms with van der Waals surface area (Å²) in [7, 11) is 0. The molecular weight excluding hydrogens is 398 g/mol. The summed E-state index contributed by atoms with van der Waals surface area (Å²) >= 11 is 0. The molecule has 0 atom stereocenters. The first-order chi connectivity index (χ1) is 15.4. The SMILES string of the molecule is CC(C)(C)c1ccc(OCC(=O)N/N=C/c2c(-c3ccccc3)[nH]c3ccccc23)cc1. The Kier molecular flexibility index (Phi) is 6.08. The first-order valence-electron chi connectivity index (χ1n) is 10.6. The van der Waals surface area contributed by atoms with Crippen LogP contribution in [0.15, 0.2) is 84.0 Å². The number of benzene rings is 3. The maximum Gasteiger partial charge on any atom is 0.277 e. The Bertz CT molecular complexity index is 1230. The molecule has 1 aromatic heterocycles. The Morgan fingerprint density at radius 3 is 2.38 bits per heavy atom. The molecule has 0 aliphatic rings. The summed E-state index contributed by atoms with van der Waals surface area (Å²) in [6.45, 7) is 6.37. The molecule has 162 valence electrons. The summed E-state index contributed by atoms with van der Waals surface area (Å²) in [4.78, 5) is 15.7. The molecule has 0 bridgehead atoms. The number of carbonyl (C=O) groups is 1. The van der Waals surface area contributed by atoms with Gasteiger partial charge in [-0.05, 0) is 34.7 Å². The molecule has 0 unspecified atom stereocenters. The molecule has 0 aliphatic heterocycles. The Hall–Kier alpha value is -3.86. The number of aromatic amines is 1. The van der Waals surface area contributed by atoms with E-state index in [1.165, 1.54) is 5.56 Å². The van der Waals surface area contributed by atoms with Crippen LogP contribution in [0, 0.1) is 0 Å². The van der Waals surface area contributed by atoms with Gasteiger partial charge < -0.3 is 9.72 Å². The second kappa shape index (κ2) is 9.10. The van der Waals surface area contributed by atoms with Crippen LogP contribution in [0.5, 0.6) is 5.75 Å². The van der Waals surface area contributed by atoms with Crippen molar-refractivity contribution in [2.45, 2.75) is 26.2 Å². The van der Waals surface area contributed by atoms with Gasteiger partial charge in [-0.3, -0.25) is 4.79 Å². The van der Waals surface area contributed by atoms with Crippen molar-refractivity contribution in [2.24, 2.45) is 5.10 Å². The Morgan fingerprint density at radius 2 is 1.66 bits per heavy atom. The molecule has 0 spiro atoms. The lowest BCUT2D eigenvalue weighted by molar-refractivity contribution is -0.123. The van der Waals surface area contributed by atoms with E-state index in [9.17, 15) is 4.79 Å². The van der Waals surface area contributed by atoms with Crippen LogP contribution in [0.3, 0.4) is 0 Å². The van der Waals surface area contributed by atoms with Crippen molar-refractivity contribution < 1.29 is 9.53 Å². The molecule has 5 nitrogen and oxygen atoms in total. The number of hydrogen-bond donors (Lipinski definition) is 2. The number of para-hydroxylation sites is 1. The van der Waals surface area contributed by atoms with Crippen molar-refractivity contribution in [1.29, 1.82) is 0 Å². The summed E-state index contributed by atoms with van der Waals surface area (Å²) in [6.07, 6.45) is 1.68. The first kappa shape index (κ1) is 21.4. The highest BCUT2D eigenvalue weighted by atomic mass is 16.5. The van der Waals surface area contributed by atoms with E-state index in [2.05, 4.69) is 36.3 Å². The lowest BCUT2D eigenvalue weighted by Gasteiger charge is -2.19. The molecule has 2 N–H and O–H groups in total. The first-order valence-corrected chi connectivity index (χ1v) is 10.6. The topological polar surface area (TPSA) is 66.5 Å². The van der Waals surface area contributed by atoms with Gasteiger partial charge in [-0.25, -0.2) is 5.43 Å². The number of hydrogen-bond acceptors (Lipinski definition) is 3. The molecule has 0 aliphatic carbocycles. The maximum absolute atomic E-state index is 12.2. The summed E-state index contributed by atoms with van der Waals surface area (Å²) in [6, 6.07) is 25.9. The molecule has 0 radical (unpaired) electrons. The second-order valence-electron chi connectivity index (χ2n) is 8.68. The van der Waals surface area contributed by atoms with Gasteiger partial charge in [0.25, 0.3) is 5.91 Å². The average Bonchev–Trinajstić information content (AvgIpc) is 3.17. The Morgan fingerprint density at radius 1 is 0.969 bits per heavy atom. The minimum atomic E-state index is -0.317. The molecule has 32 heavy (non-hydrogen) atoms.